The van der Waals surface area contributed by atoms with Crippen molar-refractivity contribution in [3.8, 4) is 34.3 Å². The minimum Gasteiger partial charge on any atom is -0.497 e. The number of hydrogen-bond acceptors (Lipinski definition) is 3. The average molecular weight is 580 g/mol. The summed E-state index contributed by atoms with van der Waals surface area (Å²) in [7, 11) is 1.65. The van der Waals surface area contributed by atoms with E-state index in [-0.39, 0.29) is 0 Å². The van der Waals surface area contributed by atoms with Crippen molar-refractivity contribution in [2.75, 3.05) is 7.11 Å². The Morgan fingerprint density at radius 2 is 1.02 bits per heavy atom. The normalized spacial score (nSPS) is 10.8. The molecule has 0 spiro atoms. The maximum absolute atomic E-state index is 10.3. The van der Waals surface area contributed by atoms with E-state index in [9.17, 15) is 5.26 Å². The van der Waals surface area contributed by atoms with Crippen LogP contribution < -0.4 is 4.74 Å². The minimum atomic E-state index is 0.529. The molecule has 0 fully saturated rings. The zero-order chi connectivity index (χ0) is 30.6. The fourth-order valence-electron chi connectivity index (χ4n) is 5.94. The Labute approximate surface area is 262 Å². The van der Waals surface area contributed by atoms with Gasteiger partial charge in [-0.3, -0.25) is 0 Å². The standard InChI is InChI=1S/C42H29NO2/c1-44-35-26-24-29(25-27-35)36-18-11-19-37-38(28-43)41(45-42(36)37)34-22-20-33(21-23-34)40(32-16-9-4-10-17-32)39(30-12-5-2-6-13-30)31-14-7-3-8-15-31/h2-27H,1H3. The molecule has 0 aliphatic rings. The van der Waals surface area contributed by atoms with E-state index in [0.29, 0.717) is 16.9 Å². The Balaban J connectivity index is 1.39. The fraction of sp³-hybridized carbons (Fsp3) is 0.0238. The molecule has 6 aromatic carbocycles. The van der Waals surface area contributed by atoms with E-state index in [2.05, 4.69) is 103 Å². The highest BCUT2D eigenvalue weighted by Gasteiger charge is 2.20. The molecule has 7 aromatic rings. The molecule has 214 valence electrons. The van der Waals surface area contributed by atoms with E-state index in [1.807, 2.05) is 60.7 Å². The summed E-state index contributed by atoms with van der Waals surface area (Å²) in [5, 5.41) is 11.1. The Kier molecular flexibility index (Phi) is 7.54. The highest BCUT2D eigenvalue weighted by Crippen LogP contribution is 2.41. The van der Waals surface area contributed by atoms with Gasteiger partial charge >= 0.3 is 0 Å². The van der Waals surface area contributed by atoms with E-state index in [4.69, 9.17) is 9.15 Å². The van der Waals surface area contributed by atoms with Crippen LogP contribution in [0.2, 0.25) is 0 Å². The van der Waals surface area contributed by atoms with Crippen molar-refractivity contribution < 1.29 is 9.15 Å². The Morgan fingerprint density at radius 3 is 1.51 bits per heavy atom. The van der Waals surface area contributed by atoms with Gasteiger partial charge in [0.25, 0.3) is 0 Å². The summed E-state index contributed by atoms with van der Waals surface area (Å²) < 4.78 is 11.9. The second-order valence-corrected chi connectivity index (χ2v) is 10.8. The van der Waals surface area contributed by atoms with Crippen LogP contribution in [0.4, 0.5) is 0 Å². The first-order valence-electron chi connectivity index (χ1n) is 14.9. The molecule has 1 heterocycles. The number of benzene rings is 6. The van der Waals surface area contributed by atoms with Gasteiger partial charge in [0.2, 0.25) is 0 Å². The molecular weight excluding hydrogens is 550 g/mol. The molecule has 0 aliphatic carbocycles. The van der Waals surface area contributed by atoms with Gasteiger partial charge in [0.1, 0.15) is 23.0 Å². The van der Waals surface area contributed by atoms with Crippen molar-refractivity contribution in [2.45, 2.75) is 0 Å². The number of methoxy groups -OCH3 is 1. The molecule has 7 rings (SSSR count). The lowest BCUT2D eigenvalue weighted by atomic mass is 9.85. The van der Waals surface area contributed by atoms with Crippen molar-refractivity contribution >= 4 is 22.1 Å². The van der Waals surface area contributed by atoms with Crippen LogP contribution in [-0.2, 0) is 0 Å². The van der Waals surface area contributed by atoms with Gasteiger partial charge in [-0.15, -0.1) is 0 Å². The van der Waals surface area contributed by atoms with Gasteiger partial charge in [-0.1, -0.05) is 140 Å². The predicted molar refractivity (Wildman–Crippen MR) is 183 cm³/mol. The highest BCUT2D eigenvalue weighted by atomic mass is 16.5. The molecule has 3 heteroatoms. The van der Waals surface area contributed by atoms with Crippen LogP contribution in [0.1, 0.15) is 27.8 Å². The molecule has 3 nitrogen and oxygen atoms in total. The van der Waals surface area contributed by atoms with Crippen molar-refractivity contribution in [1.29, 1.82) is 5.26 Å². The molecule has 0 bridgehead atoms. The first kappa shape index (κ1) is 27.7. The van der Waals surface area contributed by atoms with Crippen LogP contribution in [0, 0.1) is 11.3 Å². The summed E-state index contributed by atoms with van der Waals surface area (Å²) in [4.78, 5) is 0. The molecule has 0 saturated carbocycles. The van der Waals surface area contributed by atoms with Crippen molar-refractivity contribution in [2.24, 2.45) is 0 Å². The topological polar surface area (TPSA) is 46.2 Å². The van der Waals surface area contributed by atoms with Crippen LogP contribution in [0.25, 0.3) is 44.6 Å². The third-order valence-corrected chi connectivity index (χ3v) is 8.10. The van der Waals surface area contributed by atoms with Crippen molar-refractivity contribution in [3.05, 3.63) is 186 Å². The SMILES string of the molecule is COc1ccc(-c2cccc3c(C#N)c(-c4ccc(C(=C(c5ccccc5)c5ccccc5)c5ccccc5)cc4)oc23)cc1. The number of ether oxygens (including phenoxy) is 1. The Hall–Kier alpha value is -6.11. The minimum absolute atomic E-state index is 0.529. The summed E-state index contributed by atoms with van der Waals surface area (Å²) in [6, 6.07) is 56.1. The molecule has 0 amide bonds. The number of furan rings is 1. The molecule has 1 aromatic heterocycles. The van der Waals surface area contributed by atoms with E-state index in [1.165, 1.54) is 0 Å². The molecule has 0 radical (unpaired) electrons. The van der Waals surface area contributed by atoms with Gasteiger partial charge in [0.15, 0.2) is 5.76 Å². The van der Waals surface area contributed by atoms with Gasteiger partial charge in [-0.25, -0.2) is 0 Å². The maximum Gasteiger partial charge on any atom is 0.153 e. The maximum atomic E-state index is 10.3. The van der Waals surface area contributed by atoms with Crippen molar-refractivity contribution in [1.82, 2.24) is 0 Å². The van der Waals surface area contributed by atoms with Crippen LogP contribution in [0.5, 0.6) is 5.75 Å². The third-order valence-electron chi connectivity index (χ3n) is 8.10. The Morgan fingerprint density at radius 1 is 0.533 bits per heavy atom. The average Bonchev–Trinajstić information content (AvgIpc) is 3.51. The van der Waals surface area contributed by atoms with Crippen LogP contribution in [-0.4, -0.2) is 7.11 Å². The lowest BCUT2D eigenvalue weighted by molar-refractivity contribution is 0.415. The number of para-hydroxylation sites is 1. The smallest absolute Gasteiger partial charge is 0.153 e. The van der Waals surface area contributed by atoms with Crippen molar-refractivity contribution in [3.63, 3.8) is 0 Å². The van der Waals surface area contributed by atoms with Crippen LogP contribution in [0.3, 0.4) is 0 Å². The van der Waals surface area contributed by atoms with E-state index in [1.54, 1.807) is 7.11 Å². The zero-order valence-corrected chi connectivity index (χ0v) is 24.8. The van der Waals surface area contributed by atoms with Crippen LogP contribution >= 0.6 is 0 Å². The van der Waals surface area contributed by atoms with Gasteiger partial charge in [0, 0.05) is 16.5 Å². The summed E-state index contributed by atoms with van der Waals surface area (Å²) >= 11 is 0. The number of rotatable bonds is 7. The third kappa shape index (κ3) is 5.31. The first-order valence-corrected chi connectivity index (χ1v) is 14.9. The van der Waals surface area contributed by atoms with E-state index < -0.39 is 0 Å². The first-order chi connectivity index (χ1) is 22.2. The molecule has 0 atom stereocenters. The van der Waals surface area contributed by atoms with E-state index >= 15 is 0 Å². The van der Waals surface area contributed by atoms with E-state index in [0.717, 1.165) is 61.2 Å². The molecule has 0 unspecified atom stereocenters. The summed E-state index contributed by atoms with van der Waals surface area (Å²) in [5.41, 5.74) is 10.8. The largest absolute Gasteiger partial charge is 0.497 e. The summed E-state index contributed by atoms with van der Waals surface area (Å²) in [6.07, 6.45) is 0. The molecule has 0 saturated heterocycles. The zero-order valence-electron chi connectivity index (χ0n) is 24.8. The second kappa shape index (κ2) is 12.2. The monoisotopic (exact) mass is 579 g/mol. The number of nitrogens with zero attached hydrogens (tertiary/aromatic N) is 1. The lowest BCUT2D eigenvalue weighted by Crippen LogP contribution is -1.97. The quantitative estimate of drug-likeness (QED) is 0.177. The van der Waals surface area contributed by atoms with Gasteiger partial charge in [0.05, 0.1) is 7.11 Å². The van der Waals surface area contributed by atoms with Gasteiger partial charge in [-0.05, 0) is 57.2 Å². The highest BCUT2D eigenvalue weighted by molar-refractivity contribution is 6.05. The number of nitriles is 1. The molecule has 0 aliphatic heterocycles. The molecule has 45 heavy (non-hydrogen) atoms. The summed E-state index contributed by atoms with van der Waals surface area (Å²) in [6.45, 7) is 0. The van der Waals surface area contributed by atoms with Gasteiger partial charge < -0.3 is 9.15 Å². The lowest BCUT2D eigenvalue weighted by Gasteiger charge is -2.18. The predicted octanol–water partition coefficient (Wildman–Crippen LogP) is 10.7. The molecular formula is C42H29NO2. The number of fused-ring (bicyclic) bond motifs is 1. The summed E-state index contributed by atoms with van der Waals surface area (Å²) in [5.74, 6) is 1.35. The number of hydrogen-bond donors (Lipinski definition) is 0. The van der Waals surface area contributed by atoms with Crippen LogP contribution in [0.15, 0.2) is 162 Å². The fourth-order valence-corrected chi connectivity index (χ4v) is 5.94. The van der Waals surface area contributed by atoms with Gasteiger partial charge in [-0.2, -0.15) is 5.26 Å². The second-order valence-electron chi connectivity index (χ2n) is 10.8. The Bertz CT molecular complexity index is 2110. The molecule has 0 N–H and O–H groups in total.